The highest BCUT2D eigenvalue weighted by atomic mass is 32.2. The molecule has 2 atom stereocenters. The zero-order valence-corrected chi connectivity index (χ0v) is 9.87. The molecule has 14 heavy (non-hydrogen) atoms. The van der Waals surface area contributed by atoms with Gasteiger partial charge in [-0.3, -0.25) is 0 Å². The maximum absolute atomic E-state index is 11.2. The fourth-order valence-electron chi connectivity index (χ4n) is 2.13. The molecule has 1 N–H and O–H groups in total. The minimum atomic E-state index is -2.72. The normalized spacial score (nSPS) is 37.1. The Kier molecular flexibility index (Phi) is 3.39. The van der Waals surface area contributed by atoms with E-state index in [1.165, 1.54) is 18.6 Å². The van der Waals surface area contributed by atoms with E-state index < -0.39 is 9.84 Å². The largest absolute Gasteiger partial charge is 0.309 e. The van der Waals surface area contributed by atoms with Crippen molar-refractivity contribution in [2.24, 2.45) is 0 Å². The number of hydrogen-bond donors (Lipinski definition) is 1. The fourth-order valence-corrected chi connectivity index (χ4v) is 4.90. The predicted octanol–water partition coefficient (Wildman–Crippen LogP) is 0.659. The van der Waals surface area contributed by atoms with Gasteiger partial charge in [0.05, 0.1) is 11.5 Å². The van der Waals surface area contributed by atoms with Gasteiger partial charge in [0.1, 0.15) is 0 Å². The minimum Gasteiger partial charge on any atom is -0.309 e. The standard InChI is InChI=1S/C9H17NO2S2/c11-14(12)5-3-9(7-14)10-8-2-1-4-13-6-8/h8-10H,1-7H2/t8-,9-/m1/s1. The molecule has 82 valence electrons. The predicted molar refractivity (Wildman–Crippen MR) is 60.5 cm³/mol. The van der Waals surface area contributed by atoms with Gasteiger partial charge in [-0.25, -0.2) is 8.42 Å². The first-order chi connectivity index (χ1) is 6.66. The first-order valence-electron chi connectivity index (χ1n) is 5.20. The summed E-state index contributed by atoms with van der Waals surface area (Å²) < 4.78 is 22.5. The van der Waals surface area contributed by atoms with Crippen molar-refractivity contribution < 1.29 is 8.42 Å². The summed E-state index contributed by atoms with van der Waals surface area (Å²) in [5, 5.41) is 3.47. The number of rotatable bonds is 2. The summed E-state index contributed by atoms with van der Waals surface area (Å²) in [6.07, 6.45) is 3.29. The van der Waals surface area contributed by atoms with E-state index in [9.17, 15) is 8.42 Å². The van der Waals surface area contributed by atoms with E-state index in [1.807, 2.05) is 11.8 Å². The van der Waals surface area contributed by atoms with Crippen LogP contribution in [-0.2, 0) is 9.84 Å². The van der Waals surface area contributed by atoms with Crippen molar-refractivity contribution >= 4 is 21.6 Å². The lowest BCUT2D eigenvalue weighted by molar-refractivity contribution is 0.447. The molecule has 2 heterocycles. The van der Waals surface area contributed by atoms with Crippen molar-refractivity contribution in [2.75, 3.05) is 23.0 Å². The van der Waals surface area contributed by atoms with Gasteiger partial charge in [0, 0.05) is 17.8 Å². The number of nitrogens with one attached hydrogen (secondary N) is 1. The van der Waals surface area contributed by atoms with Crippen molar-refractivity contribution in [2.45, 2.75) is 31.3 Å². The molecular formula is C9H17NO2S2. The van der Waals surface area contributed by atoms with Gasteiger partial charge in [-0.15, -0.1) is 0 Å². The smallest absolute Gasteiger partial charge is 0.151 e. The van der Waals surface area contributed by atoms with Crippen LogP contribution in [0.4, 0.5) is 0 Å². The first-order valence-corrected chi connectivity index (χ1v) is 8.17. The molecule has 0 unspecified atom stereocenters. The molecule has 0 aromatic rings. The molecule has 2 aliphatic heterocycles. The molecule has 0 aromatic heterocycles. The lowest BCUT2D eigenvalue weighted by Gasteiger charge is -2.25. The molecule has 0 spiro atoms. The van der Waals surface area contributed by atoms with E-state index in [2.05, 4.69) is 5.32 Å². The highest BCUT2D eigenvalue weighted by Crippen LogP contribution is 2.19. The van der Waals surface area contributed by atoms with E-state index in [-0.39, 0.29) is 6.04 Å². The van der Waals surface area contributed by atoms with E-state index in [4.69, 9.17) is 0 Å². The second-order valence-corrected chi connectivity index (χ2v) is 7.56. The van der Waals surface area contributed by atoms with E-state index in [1.54, 1.807) is 0 Å². The SMILES string of the molecule is O=S1(=O)CC[C@@H](N[C@@H]2CCCSC2)C1. The Labute approximate surface area is 89.9 Å². The van der Waals surface area contributed by atoms with Crippen LogP contribution in [0.3, 0.4) is 0 Å². The van der Waals surface area contributed by atoms with Crippen molar-refractivity contribution in [3.05, 3.63) is 0 Å². The molecule has 2 rings (SSSR count). The molecule has 5 heteroatoms. The summed E-state index contributed by atoms with van der Waals surface area (Å²) in [6, 6.07) is 0.774. The summed E-state index contributed by atoms with van der Waals surface area (Å²) in [5.41, 5.74) is 0. The second kappa shape index (κ2) is 4.41. The summed E-state index contributed by atoms with van der Waals surface area (Å²) in [5.74, 6) is 3.15. The average Bonchev–Trinajstić information content (AvgIpc) is 2.47. The quantitative estimate of drug-likeness (QED) is 0.764. The molecule has 3 nitrogen and oxygen atoms in total. The summed E-state index contributed by atoms with van der Waals surface area (Å²) in [4.78, 5) is 0. The zero-order valence-electron chi connectivity index (χ0n) is 8.24. The van der Waals surface area contributed by atoms with Gasteiger partial charge in [0.25, 0.3) is 0 Å². The van der Waals surface area contributed by atoms with Gasteiger partial charge in [-0.1, -0.05) is 0 Å². The molecule has 0 radical (unpaired) electrons. The van der Waals surface area contributed by atoms with Crippen LogP contribution in [0.5, 0.6) is 0 Å². The molecule has 2 aliphatic rings. The van der Waals surface area contributed by atoms with Crippen molar-refractivity contribution in [3.63, 3.8) is 0 Å². The van der Waals surface area contributed by atoms with Crippen LogP contribution in [0.25, 0.3) is 0 Å². The summed E-state index contributed by atoms with van der Waals surface area (Å²) in [6.45, 7) is 0. The third-order valence-electron chi connectivity index (χ3n) is 2.86. The van der Waals surface area contributed by atoms with Crippen LogP contribution >= 0.6 is 11.8 Å². The van der Waals surface area contributed by atoms with Gasteiger partial charge >= 0.3 is 0 Å². The Morgan fingerprint density at radius 3 is 2.64 bits per heavy atom. The number of hydrogen-bond acceptors (Lipinski definition) is 4. The molecular weight excluding hydrogens is 218 g/mol. The van der Waals surface area contributed by atoms with Gasteiger partial charge in [0.15, 0.2) is 9.84 Å². The summed E-state index contributed by atoms with van der Waals surface area (Å²) in [7, 11) is -2.72. The van der Waals surface area contributed by atoms with Crippen LogP contribution < -0.4 is 5.32 Å². The third-order valence-corrected chi connectivity index (χ3v) is 5.85. The Morgan fingerprint density at radius 1 is 1.21 bits per heavy atom. The number of sulfone groups is 1. The second-order valence-electron chi connectivity index (χ2n) is 4.18. The minimum absolute atomic E-state index is 0.226. The van der Waals surface area contributed by atoms with E-state index >= 15 is 0 Å². The van der Waals surface area contributed by atoms with Gasteiger partial charge < -0.3 is 5.32 Å². The van der Waals surface area contributed by atoms with E-state index in [0.717, 1.165) is 12.2 Å². The maximum atomic E-state index is 11.2. The highest BCUT2D eigenvalue weighted by molar-refractivity contribution is 7.99. The number of thioether (sulfide) groups is 1. The fraction of sp³-hybridized carbons (Fsp3) is 1.00. The molecule has 2 fully saturated rings. The Hall–Kier alpha value is 0.260. The van der Waals surface area contributed by atoms with E-state index in [0.29, 0.717) is 17.5 Å². The first kappa shape index (κ1) is 10.8. The molecule has 0 bridgehead atoms. The van der Waals surface area contributed by atoms with Gasteiger partial charge in [0.2, 0.25) is 0 Å². The van der Waals surface area contributed by atoms with Crippen molar-refractivity contribution in [1.29, 1.82) is 0 Å². The monoisotopic (exact) mass is 235 g/mol. The van der Waals surface area contributed by atoms with Crippen LogP contribution in [0, 0.1) is 0 Å². The summed E-state index contributed by atoms with van der Waals surface area (Å²) >= 11 is 1.97. The van der Waals surface area contributed by atoms with Crippen LogP contribution in [0.2, 0.25) is 0 Å². The van der Waals surface area contributed by atoms with Crippen LogP contribution in [0.15, 0.2) is 0 Å². The van der Waals surface area contributed by atoms with Crippen LogP contribution in [0.1, 0.15) is 19.3 Å². The van der Waals surface area contributed by atoms with Crippen LogP contribution in [-0.4, -0.2) is 43.5 Å². The lowest BCUT2D eigenvalue weighted by atomic mass is 10.1. The Morgan fingerprint density at radius 2 is 2.07 bits per heavy atom. The van der Waals surface area contributed by atoms with Crippen molar-refractivity contribution in [3.8, 4) is 0 Å². The molecule has 2 saturated heterocycles. The topological polar surface area (TPSA) is 46.2 Å². The Balaban J connectivity index is 1.80. The third kappa shape index (κ3) is 2.87. The molecule has 0 amide bonds. The average molecular weight is 235 g/mol. The molecule has 0 aliphatic carbocycles. The highest BCUT2D eigenvalue weighted by Gasteiger charge is 2.29. The van der Waals surface area contributed by atoms with Crippen molar-refractivity contribution in [1.82, 2.24) is 5.32 Å². The Bertz CT molecular complexity index is 283. The van der Waals surface area contributed by atoms with Gasteiger partial charge in [-0.2, -0.15) is 11.8 Å². The lowest BCUT2D eigenvalue weighted by Crippen LogP contribution is -2.41. The van der Waals surface area contributed by atoms with Gasteiger partial charge in [-0.05, 0) is 25.0 Å². The molecule has 0 saturated carbocycles. The zero-order chi connectivity index (χ0) is 10.0. The maximum Gasteiger partial charge on any atom is 0.151 e. The molecule has 0 aromatic carbocycles.